The van der Waals surface area contributed by atoms with Crippen LogP contribution >= 0.6 is 0 Å². The van der Waals surface area contributed by atoms with Crippen LogP contribution in [0.15, 0.2) is 24.3 Å². The van der Waals surface area contributed by atoms with Gasteiger partial charge in [-0.15, -0.1) is 5.10 Å². The van der Waals surface area contributed by atoms with Crippen LogP contribution < -0.4 is 10.5 Å². The summed E-state index contributed by atoms with van der Waals surface area (Å²) >= 11 is 0. The molecular formula is C13H9F3N4O. The molecule has 0 radical (unpaired) electrons. The number of nitrogens with two attached hydrogens (primary N) is 1. The second-order valence-corrected chi connectivity index (χ2v) is 4.36. The van der Waals surface area contributed by atoms with Crippen LogP contribution in [0.25, 0.3) is 11.0 Å². The first-order valence-electron chi connectivity index (χ1n) is 5.87. The third kappa shape index (κ3) is 2.14. The van der Waals surface area contributed by atoms with Crippen LogP contribution in [0.4, 0.5) is 18.9 Å². The highest BCUT2D eigenvalue weighted by Crippen LogP contribution is 2.31. The molecule has 0 saturated heterocycles. The minimum absolute atomic E-state index is 0.172. The number of fused-ring (bicyclic) bond motifs is 1. The summed E-state index contributed by atoms with van der Waals surface area (Å²) in [6, 6.07) is 5.33. The fourth-order valence-electron chi connectivity index (χ4n) is 1.87. The number of aryl methyl sites for hydroxylation is 1. The number of benzene rings is 2. The fourth-order valence-corrected chi connectivity index (χ4v) is 1.87. The Morgan fingerprint density at radius 3 is 2.67 bits per heavy atom. The minimum atomic E-state index is -1.48. The smallest absolute Gasteiger partial charge is 0.203 e. The Morgan fingerprint density at radius 2 is 1.90 bits per heavy atom. The Morgan fingerprint density at radius 1 is 1.14 bits per heavy atom. The normalized spacial score (nSPS) is 11.0. The Kier molecular flexibility index (Phi) is 2.93. The van der Waals surface area contributed by atoms with Gasteiger partial charge in [0.25, 0.3) is 0 Å². The van der Waals surface area contributed by atoms with E-state index >= 15 is 0 Å². The van der Waals surface area contributed by atoms with Crippen LogP contribution in [-0.2, 0) is 7.05 Å². The second kappa shape index (κ2) is 4.65. The summed E-state index contributed by atoms with van der Waals surface area (Å²) in [5, 5.41) is 7.67. The van der Waals surface area contributed by atoms with Crippen molar-refractivity contribution < 1.29 is 17.9 Å². The summed E-state index contributed by atoms with van der Waals surface area (Å²) in [6.45, 7) is 0. The molecule has 0 bridgehead atoms. The van der Waals surface area contributed by atoms with E-state index in [1.54, 1.807) is 17.8 Å². The van der Waals surface area contributed by atoms with E-state index in [1.165, 1.54) is 12.1 Å². The highest BCUT2D eigenvalue weighted by Gasteiger charge is 2.18. The van der Waals surface area contributed by atoms with Crippen LogP contribution in [0.1, 0.15) is 0 Å². The number of rotatable bonds is 2. The largest absolute Gasteiger partial charge is 0.454 e. The maximum absolute atomic E-state index is 13.7. The van der Waals surface area contributed by atoms with Gasteiger partial charge in [-0.25, -0.2) is 13.5 Å². The van der Waals surface area contributed by atoms with E-state index in [0.29, 0.717) is 11.6 Å². The van der Waals surface area contributed by atoms with Gasteiger partial charge in [0.15, 0.2) is 17.4 Å². The predicted octanol–water partition coefficient (Wildman–Crippen LogP) is 2.76. The number of aromatic nitrogens is 3. The summed E-state index contributed by atoms with van der Waals surface area (Å²) in [7, 11) is 1.71. The molecule has 0 amide bonds. The van der Waals surface area contributed by atoms with E-state index < -0.39 is 28.9 Å². The molecule has 0 aliphatic heterocycles. The van der Waals surface area contributed by atoms with Crippen molar-refractivity contribution in [3.05, 3.63) is 41.7 Å². The van der Waals surface area contributed by atoms with Crippen molar-refractivity contribution >= 4 is 16.7 Å². The predicted molar refractivity (Wildman–Crippen MR) is 69.3 cm³/mol. The number of ether oxygens (including phenoxy) is 1. The third-order valence-corrected chi connectivity index (χ3v) is 2.97. The quantitative estimate of drug-likeness (QED) is 0.583. The van der Waals surface area contributed by atoms with Gasteiger partial charge in [0, 0.05) is 19.2 Å². The monoisotopic (exact) mass is 294 g/mol. The maximum atomic E-state index is 13.7. The van der Waals surface area contributed by atoms with Crippen LogP contribution in [0, 0.1) is 17.5 Å². The topological polar surface area (TPSA) is 66.0 Å². The van der Waals surface area contributed by atoms with Gasteiger partial charge in [0.1, 0.15) is 17.0 Å². The molecule has 0 unspecified atom stereocenters. The molecule has 0 atom stereocenters. The average molecular weight is 294 g/mol. The van der Waals surface area contributed by atoms with Gasteiger partial charge < -0.3 is 10.5 Å². The molecule has 2 N–H and O–H groups in total. The van der Waals surface area contributed by atoms with Gasteiger partial charge in [-0.05, 0) is 12.1 Å². The number of anilines is 1. The van der Waals surface area contributed by atoms with Crippen molar-refractivity contribution in [1.82, 2.24) is 15.0 Å². The second-order valence-electron chi connectivity index (χ2n) is 4.36. The first-order valence-corrected chi connectivity index (χ1v) is 5.87. The van der Waals surface area contributed by atoms with Crippen molar-refractivity contribution in [3.8, 4) is 11.5 Å². The lowest BCUT2D eigenvalue weighted by Gasteiger charge is -2.09. The zero-order valence-electron chi connectivity index (χ0n) is 10.8. The molecule has 1 heterocycles. The molecule has 0 saturated carbocycles. The minimum Gasteiger partial charge on any atom is -0.454 e. The van der Waals surface area contributed by atoms with E-state index in [0.717, 1.165) is 5.52 Å². The fraction of sp³-hybridized carbons (Fsp3) is 0.0769. The van der Waals surface area contributed by atoms with Gasteiger partial charge in [0.05, 0.1) is 5.52 Å². The summed E-state index contributed by atoms with van der Waals surface area (Å²) in [5.74, 6) is -4.35. The van der Waals surface area contributed by atoms with Crippen molar-refractivity contribution in [2.75, 3.05) is 5.73 Å². The Hall–Kier alpha value is -2.77. The summed E-state index contributed by atoms with van der Waals surface area (Å²) in [5.41, 5.74) is 5.41. The van der Waals surface area contributed by atoms with Gasteiger partial charge in [-0.2, -0.15) is 4.39 Å². The van der Waals surface area contributed by atoms with Crippen molar-refractivity contribution in [2.24, 2.45) is 7.05 Å². The van der Waals surface area contributed by atoms with Crippen LogP contribution in [0.3, 0.4) is 0 Å². The molecule has 108 valence electrons. The molecule has 1 aromatic heterocycles. The van der Waals surface area contributed by atoms with Gasteiger partial charge in [-0.1, -0.05) is 5.21 Å². The van der Waals surface area contributed by atoms with Crippen molar-refractivity contribution in [2.45, 2.75) is 0 Å². The molecular weight excluding hydrogens is 285 g/mol. The zero-order chi connectivity index (χ0) is 15.1. The zero-order valence-corrected chi connectivity index (χ0v) is 10.8. The Bertz CT molecular complexity index is 847. The van der Waals surface area contributed by atoms with Crippen molar-refractivity contribution in [3.63, 3.8) is 0 Å². The van der Waals surface area contributed by atoms with E-state index in [9.17, 15) is 13.2 Å². The van der Waals surface area contributed by atoms with E-state index in [2.05, 4.69) is 10.3 Å². The molecule has 3 rings (SSSR count). The third-order valence-electron chi connectivity index (χ3n) is 2.97. The highest BCUT2D eigenvalue weighted by molar-refractivity contribution is 5.76. The number of halogens is 3. The molecule has 2 aromatic carbocycles. The Labute approximate surface area is 116 Å². The lowest BCUT2D eigenvalue weighted by molar-refractivity contribution is 0.410. The molecule has 0 aliphatic carbocycles. The number of nitrogen functional groups attached to an aromatic ring is 1. The Balaban J connectivity index is 2.02. The standard InChI is InChI=1S/C13H9F3N4O/c1-20-9-3-2-6(4-8(9)18-19-20)21-10-5-7(14)13(17)12(16)11(10)15/h2-5H,17H2,1H3. The lowest BCUT2D eigenvalue weighted by atomic mass is 10.2. The van der Waals surface area contributed by atoms with Crippen LogP contribution in [-0.4, -0.2) is 15.0 Å². The molecule has 3 aromatic rings. The first kappa shape index (κ1) is 13.2. The molecule has 0 fully saturated rings. The summed E-state index contributed by atoms with van der Waals surface area (Å²) < 4.78 is 47.1. The van der Waals surface area contributed by atoms with Crippen LogP contribution in [0.2, 0.25) is 0 Å². The van der Waals surface area contributed by atoms with Crippen LogP contribution in [0.5, 0.6) is 11.5 Å². The van der Waals surface area contributed by atoms with Gasteiger partial charge >= 0.3 is 0 Å². The van der Waals surface area contributed by atoms with Gasteiger partial charge in [0.2, 0.25) is 5.82 Å². The number of hydrogen-bond donors (Lipinski definition) is 1. The molecule has 5 nitrogen and oxygen atoms in total. The molecule has 0 spiro atoms. The SMILES string of the molecule is Cn1nnc2cc(Oc3cc(F)c(N)c(F)c3F)ccc21. The first-order chi connectivity index (χ1) is 9.97. The maximum Gasteiger partial charge on any atom is 0.203 e. The lowest BCUT2D eigenvalue weighted by Crippen LogP contribution is -2.01. The highest BCUT2D eigenvalue weighted by atomic mass is 19.2. The van der Waals surface area contributed by atoms with Crippen molar-refractivity contribution in [1.29, 1.82) is 0 Å². The number of nitrogens with zero attached hydrogens (tertiary/aromatic N) is 3. The van der Waals surface area contributed by atoms with Gasteiger partial charge in [-0.3, -0.25) is 0 Å². The summed E-state index contributed by atoms with van der Waals surface area (Å²) in [4.78, 5) is 0. The van der Waals surface area contributed by atoms with E-state index in [4.69, 9.17) is 10.5 Å². The molecule has 0 aliphatic rings. The molecule has 8 heteroatoms. The van der Waals surface area contributed by atoms with E-state index in [1.807, 2.05) is 0 Å². The van der Waals surface area contributed by atoms with E-state index in [-0.39, 0.29) is 5.75 Å². The number of hydrogen-bond acceptors (Lipinski definition) is 4. The average Bonchev–Trinajstić information content (AvgIpc) is 2.83. The molecule has 21 heavy (non-hydrogen) atoms. The summed E-state index contributed by atoms with van der Waals surface area (Å²) in [6.07, 6.45) is 0.